The van der Waals surface area contributed by atoms with Crippen molar-refractivity contribution in [3.63, 3.8) is 0 Å². The second kappa shape index (κ2) is 8.71. The lowest BCUT2D eigenvalue weighted by molar-refractivity contribution is 0.102. The van der Waals surface area contributed by atoms with E-state index in [2.05, 4.69) is 15.6 Å². The van der Waals surface area contributed by atoms with Crippen LogP contribution in [-0.2, 0) is 0 Å². The topological polar surface area (TPSA) is 72.5 Å². The number of anilines is 3. The monoisotopic (exact) mass is 363 g/mol. The first-order valence-corrected chi connectivity index (χ1v) is 8.60. The third-order valence-corrected chi connectivity index (χ3v) is 3.83. The van der Waals surface area contributed by atoms with Gasteiger partial charge in [0.2, 0.25) is 0 Å². The second-order valence-corrected chi connectivity index (χ2v) is 5.64. The fourth-order valence-corrected chi connectivity index (χ4v) is 2.57. The zero-order valence-corrected chi connectivity index (χ0v) is 15.2. The Morgan fingerprint density at radius 2 is 1.70 bits per heavy atom. The number of hydrogen-bond donors (Lipinski definition) is 2. The summed E-state index contributed by atoms with van der Waals surface area (Å²) in [5.74, 6) is 1.63. The number of rotatable bonds is 7. The Morgan fingerprint density at radius 3 is 2.44 bits per heavy atom. The van der Waals surface area contributed by atoms with Crippen molar-refractivity contribution >= 4 is 23.1 Å². The molecule has 0 aliphatic rings. The van der Waals surface area contributed by atoms with Gasteiger partial charge in [-0.3, -0.25) is 4.79 Å². The third-order valence-electron chi connectivity index (χ3n) is 3.83. The summed E-state index contributed by atoms with van der Waals surface area (Å²) in [6.07, 6.45) is 1.59. The summed E-state index contributed by atoms with van der Waals surface area (Å²) >= 11 is 0. The van der Waals surface area contributed by atoms with Gasteiger partial charge in [0.15, 0.2) is 0 Å². The van der Waals surface area contributed by atoms with E-state index >= 15 is 0 Å². The SMILES string of the molecule is CCOc1ccccc1Nc1cc(C(=O)Nc2ccccc2OC)ccn1. The van der Waals surface area contributed by atoms with Crippen LogP contribution in [0.4, 0.5) is 17.2 Å². The van der Waals surface area contributed by atoms with E-state index in [4.69, 9.17) is 9.47 Å². The molecule has 0 bridgehead atoms. The molecule has 3 aromatic rings. The van der Waals surface area contributed by atoms with Crippen LogP contribution < -0.4 is 20.1 Å². The fraction of sp³-hybridized carbons (Fsp3) is 0.143. The number of para-hydroxylation sites is 4. The molecule has 6 nitrogen and oxygen atoms in total. The number of nitrogens with zero attached hydrogens (tertiary/aromatic N) is 1. The van der Waals surface area contributed by atoms with Crippen molar-refractivity contribution in [2.75, 3.05) is 24.4 Å². The van der Waals surface area contributed by atoms with Gasteiger partial charge >= 0.3 is 0 Å². The van der Waals surface area contributed by atoms with Crippen molar-refractivity contribution in [1.29, 1.82) is 0 Å². The van der Waals surface area contributed by atoms with Gasteiger partial charge in [0, 0.05) is 11.8 Å². The van der Waals surface area contributed by atoms with Crippen LogP contribution in [0.3, 0.4) is 0 Å². The Bertz CT molecular complexity index is 928. The molecule has 0 radical (unpaired) electrons. The van der Waals surface area contributed by atoms with Gasteiger partial charge in [0.25, 0.3) is 5.91 Å². The minimum absolute atomic E-state index is 0.247. The van der Waals surface area contributed by atoms with Crippen LogP contribution >= 0.6 is 0 Å². The molecule has 0 aliphatic carbocycles. The highest BCUT2D eigenvalue weighted by Crippen LogP contribution is 2.27. The van der Waals surface area contributed by atoms with Gasteiger partial charge in [0.1, 0.15) is 17.3 Å². The highest BCUT2D eigenvalue weighted by molar-refractivity contribution is 6.05. The number of amides is 1. The van der Waals surface area contributed by atoms with E-state index in [0.29, 0.717) is 29.4 Å². The summed E-state index contributed by atoms with van der Waals surface area (Å²) in [4.78, 5) is 16.9. The van der Waals surface area contributed by atoms with Crippen molar-refractivity contribution in [2.24, 2.45) is 0 Å². The molecule has 0 aliphatic heterocycles. The standard InChI is InChI=1S/C21H21N3O3/c1-3-27-19-11-7-5-9-17(19)23-20-14-15(12-13-22-20)21(25)24-16-8-4-6-10-18(16)26-2/h4-14H,3H2,1-2H3,(H,22,23)(H,24,25). The molecule has 138 valence electrons. The largest absolute Gasteiger partial charge is 0.495 e. The minimum atomic E-state index is -0.247. The number of hydrogen-bond acceptors (Lipinski definition) is 5. The lowest BCUT2D eigenvalue weighted by Crippen LogP contribution is -2.13. The maximum Gasteiger partial charge on any atom is 0.255 e. The van der Waals surface area contributed by atoms with Crippen LogP contribution in [0.1, 0.15) is 17.3 Å². The molecule has 0 saturated heterocycles. The number of carbonyl (C=O) groups excluding carboxylic acids is 1. The summed E-state index contributed by atoms with van der Waals surface area (Å²) < 4.78 is 10.9. The number of methoxy groups -OCH3 is 1. The van der Waals surface area contributed by atoms with Crippen LogP contribution in [0.15, 0.2) is 66.9 Å². The van der Waals surface area contributed by atoms with Gasteiger partial charge in [-0.2, -0.15) is 0 Å². The van der Waals surface area contributed by atoms with Gasteiger partial charge in [-0.15, -0.1) is 0 Å². The quantitative estimate of drug-likeness (QED) is 0.647. The van der Waals surface area contributed by atoms with Gasteiger partial charge in [-0.25, -0.2) is 4.98 Å². The number of benzene rings is 2. The second-order valence-electron chi connectivity index (χ2n) is 5.64. The molecule has 1 heterocycles. The zero-order valence-electron chi connectivity index (χ0n) is 15.2. The molecule has 0 saturated carbocycles. The van der Waals surface area contributed by atoms with E-state index in [9.17, 15) is 4.79 Å². The van der Waals surface area contributed by atoms with E-state index in [0.717, 1.165) is 11.4 Å². The van der Waals surface area contributed by atoms with Crippen LogP contribution in [0.25, 0.3) is 0 Å². The van der Waals surface area contributed by atoms with E-state index in [1.165, 1.54) is 0 Å². The number of pyridine rings is 1. The highest BCUT2D eigenvalue weighted by atomic mass is 16.5. The van der Waals surface area contributed by atoms with Gasteiger partial charge < -0.3 is 20.1 Å². The van der Waals surface area contributed by atoms with E-state index in [1.807, 2.05) is 43.3 Å². The molecule has 1 aromatic heterocycles. The van der Waals surface area contributed by atoms with Crippen molar-refractivity contribution in [3.05, 3.63) is 72.4 Å². The lowest BCUT2D eigenvalue weighted by Gasteiger charge is -2.13. The number of carbonyl (C=O) groups is 1. The van der Waals surface area contributed by atoms with Gasteiger partial charge in [0.05, 0.1) is 25.1 Å². The van der Waals surface area contributed by atoms with Crippen LogP contribution in [-0.4, -0.2) is 24.6 Å². The normalized spacial score (nSPS) is 10.1. The van der Waals surface area contributed by atoms with Crippen LogP contribution in [0.5, 0.6) is 11.5 Å². The van der Waals surface area contributed by atoms with Gasteiger partial charge in [-0.1, -0.05) is 24.3 Å². The summed E-state index contributed by atoms with van der Waals surface area (Å²) in [5.41, 5.74) is 1.87. The molecular formula is C21H21N3O3. The molecule has 27 heavy (non-hydrogen) atoms. The molecule has 0 spiro atoms. The predicted octanol–water partition coefficient (Wildman–Crippen LogP) is 4.48. The molecule has 0 fully saturated rings. The third kappa shape index (κ3) is 4.55. The Hall–Kier alpha value is -3.54. The van der Waals surface area contributed by atoms with Crippen LogP contribution in [0.2, 0.25) is 0 Å². The maximum atomic E-state index is 12.6. The Balaban J connectivity index is 1.78. The van der Waals surface area contributed by atoms with Gasteiger partial charge in [-0.05, 0) is 43.3 Å². The molecule has 1 amide bonds. The number of aromatic nitrogens is 1. The fourth-order valence-electron chi connectivity index (χ4n) is 2.57. The van der Waals surface area contributed by atoms with Crippen LogP contribution in [0, 0.1) is 0 Å². The van der Waals surface area contributed by atoms with E-state index in [-0.39, 0.29) is 5.91 Å². The van der Waals surface area contributed by atoms with Crippen molar-refractivity contribution in [2.45, 2.75) is 6.92 Å². The number of nitrogens with one attached hydrogen (secondary N) is 2. The molecule has 0 atom stereocenters. The molecule has 3 rings (SSSR count). The molecular weight excluding hydrogens is 342 g/mol. The lowest BCUT2D eigenvalue weighted by atomic mass is 10.2. The summed E-state index contributed by atoms with van der Waals surface area (Å²) in [6, 6.07) is 18.2. The Labute approximate surface area is 158 Å². The van der Waals surface area contributed by atoms with E-state index in [1.54, 1.807) is 37.6 Å². The molecule has 2 aromatic carbocycles. The first-order valence-electron chi connectivity index (χ1n) is 8.60. The summed E-state index contributed by atoms with van der Waals surface area (Å²) in [6.45, 7) is 2.49. The summed E-state index contributed by atoms with van der Waals surface area (Å²) in [7, 11) is 1.56. The van der Waals surface area contributed by atoms with Crippen molar-refractivity contribution < 1.29 is 14.3 Å². The summed E-state index contributed by atoms with van der Waals surface area (Å²) in [5, 5.41) is 6.05. The zero-order chi connectivity index (χ0) is 19.1. The van der Waals surface area contributed by atoms with Crippen molar-refractivity contribution in [3.8, 4) is 11.5 Å². The Morgan fingerprint density at radius 1 is 1.00 bits per heavy atom. The minimum Gasteiger partial charge on any atom is -0.495 e. The molecule has 6 heteroatoms. The average Bonchev–Trinajstić information content (AvgIpc) is 2.70. The Kier molecular flexibility index (Phi) is 5.89. The smallest absolute Gasteiger partial charge is 0.255 e. The molecule has 2 N–H and O–H groups in total. The van der Waals surface area contributed by atoms with E-state index < -0.39 is 0 Å². The average molecular weight is 363 g/mol. The predicted molar refractivity (Wildman–Crippen MR) is 106 cm³/mol. The number of ether oxygens (including phenoxy) is 2. The first-order chi connectivity index (χ1) is 13.2. The maximum absolute atomic E-state index is 12.6. The highest BCUT2D eigenvalue weighted by Gasteiger charge is 2.11. The van der Waals surface area contributed by atoms with Crippen molar-refractivity contribution in [1.82, 2.24) is 4.98 Å². The first kappa shape index (κ1) is 18.3. The molecule has 0 unspecified atom stereocenters.